The molecule has 0 aliphatic carbocycles. The lowest BCUT2D eigenvalue weighted by atomic mass is 9.95. The molecule has 1 aliphatic heterocycles. The fourth-order valence-electron chi connectivity index (χ4n) is 4.55. The van der Waals surface area contributed by atoms with Crippen LogP contribution >= 0.6 is 0 Å². The Morgan fingerprint density at radius 3 is 2.26 bits per heavy atom. The molecule has 1 atom stereocenters. The summed E-state index contributed by atoms with van der Waals surface area (Å²) in [6, 6.07) is 20.4. The van der Waals surface area contributed by atoms with Gasteiger partial charge in [0.15, 0.2) is 0 Å². The third kappa shape index (κ3) is 5.23. The molecule has 4 aromatic rings. The third-order valence-corrected chi connectivity index (χ3v) is 6.33. The number of aromatic amines is 1. The van der Waals surface area contributed by atoms with Gasteiger partial charge in [0.1, 0.15) is 17.3 Å². The van der Waals surface area contributed by atoms with Gasteiger partial charge in [-0.3, -0.25) is 14.5 Å². The van der Waals surface area contributed by atoms with Crippen molar-refractivity contribution in [3.8, 4) is 11.5 Å². The van der Waals surface area contributed by atoms with Crippen LogP contribution in [0.2, 0.25) is 0 Å². The number of ketones is 1. The van der Waals surface area contributed by atoms with Crippen molar-refractivity contribution in [3.05, 3.63) is 89.5 Å². The molecule has 3 aromatic carbocycles. The first-order valence-electron chi connectivity index (χ1n) is 13.0. The van der Waals surface area contributed by atoms with Crippen LogP contribution in [0.25, 0.3) is 16.8 Å². The Hall–Kier alpha value is -4.59. The number of hydrogen-bond acceptors (Lipinski definition) is 6. The number of rotatable bonds is 8. The van der Waals surface area contributed by atoms with E-state index in [1.54, 1.807) is 48.5 Å². The van der Waals surface area contributed by atoms with Gasteiger partial charge in [-0.1, -0.05) is 38.1 Å². The molecule has 0 radical (unpaired) electrons. The number of anilines is 1. The van der Waals surface area contributed by atoms with E-state index in [-0.39, 0.29) is 23.4 Å². The number of benzene rings is 3. The Morgan fingerprint density at radius 2 is 1.62 bits per heavy atom. The minimum Gasteiger partial charge on any atom is -0.507 e. The number of nitrogens with one attached hydrogen (secondary N) is 1. The second-order valence-electron chi connectivity index (χ2n) is 10.2. The number of nitrogens with zero attached hydrogens (tertiary/aromatic N) is 2. The molecule has 200 valence electrons. The van der Waals surface area contributed by atoms with Gasteiger partial charge in [0.2, 0.25) is 5.95 Å². The standard InChI is InChI=1S/C31H31N3O5/c1-18(2)17-38-22-13-11-21(12-14-22)28(35)26-27(20-9-15-23(16-10-20)39-19(3)4)34(30(37)29(26)36)31-32-24-7-5-6-8-25(24)33-31/h5-16,18-19,27,35H,17H2,1-4H3,(H,32,33)/b28-26+. The van der Waals surface area contributed by atoms with Gasteiger partial charge in [-0.05, 0) is 73.9 Å². The fourth-order valence-corrected chi connectivity index (χ4v) is 4.55. The number of H-pyrrole nitrogens is 1. The average Bonchev–Trinajstić information content (AvgIpc) is 3.46. The van der Waals surface area contributed by atoms with Gasteiger partial charge in [0.05, 0.1) is 35.4 Å². The van der Waals surface area contributed by atoms with Gasteiger partial charge < -0.3 is 19.6 Å². The zero-order valence-corrected chi connectivity index (χ0v) is 22.3. The molecule has 5 rings (SSSR count). The first kappa shape index (κ1) is 26.0. The van der Waals surface area contributed by atoms with Gasteiger partial charge >= 0.3 is 5.91 Å². The largest absolute Gasteiger partial charge is 0.507 e. The zero-order chi connectivity index (χ0) is 27.7. The van der Waals surface area contributed by atoms with Crippen LogP contribution in [-0.2, 0) is 9.59 Å². The van der Waals surface area contributed by atoms with Crippen LogP contribution in [0.4, 0.5) is 5.95 Å². The lowest BCUT2D eigenvalue weighted by Crippen LogP contribution is -2.30. The number of aliphatic hydroxyl groups is 1. The minimum absolute atomic E-state index is 0.00970. The molecule has 0 saturated carbocycles. The summed E-state index contributed by atoms with van der Waals surface area (Å²) in [6.45, 7) is 8.54. The van der Waals surface area contributed by atoms with Crippen LogP contribution in [0.1, 0.15) is 44.9 Å². The first-order chi connectivity index (χ1) is 18.7. The fraction of sp³-hybridized carbons (Fsp3) is 0.258. The molecule has 1 unspecified atom stereocenters. The molecule has 1 saturated heterocycles. The molecule has 0 spiro atoms. The van der Waals surface area contributed by atoms with Crippen molar-refractivity contribution < 1.29 is 24.2 Å². The Bertz CT molecular complexity index is 1500. The van der Waals surface area contributed by atoms with E-state index in [1.165, 1.54) is 4.90 Å². The normalized spacial score (nSPS) is 17.0. The number of ether oxygens (including phenoxy) is 2. The average molecular weight is 526 g/mol. The Kier molecular flexibility index (Phi) is 7.11. The van der Waals surface area contributed by atoms with Crippen molar-refractivity contribution in [2.75, 3.05) is 11.5 Å². The third-order valence-electron chi connectivity index (χ3n) is 6.33. The summed E-state index contributed by atoms with van der Waals surface area (Å²) >= 11 is 0. The highest BCUT2D eigenvalue weighted by atomic mass is 16.5. The molecule has 8 heteroatoms. The second kappa shape index (κ2) is 10.6. The van der Waals surface area contributed by atoms with Crippen LogP contribution in [0.3, 0.4) is 0 Å². The molecule has 1 amide bonds. The van der Waals surface area contributed by atoms with E-state index in [4.69, 9.17) is 9.47 Å². The van der Waals surface area contributed by atoms with Gasteiger partial charge in [-0.2, -0.15) is 0 Å². The lowest BCUT2D eigenvalue weighted by molar-refractivity contribution is -0.132. The highest BCUT2D eigenvalue weighted by Gasteiger charge is 2.48. The molecule has 2 heterocycles. The monoisotopic (exact) mass is 525 g/mol. The van der Waals surface area contributed by atoms with Crippen molar-refractivity contribution in [1.29, 1.82) is 0 Å². The van der Waals surface area contributed by atoms with Gasteiger partial charge in [-0.25, -0.2) is 4.98 Å². The summed E-state index contributed by atoms with van der Waals surface area (Å²) < 4.78 is 11.5. The minimum atomic E-state index is -0.907. The topological polar surface area (TPSA) is 105 Å². The molecule has 1 aromatic heterocycles. The second-order valence-corrected chi connectivity index (χ2v) is 10.2. The van der Waals surface area contributed by atoms with Gasteiger partial charge in [0, 0.05) is 5.56 Å². The summed E-state index contributed by atoms with van der Waals surface area (Å²) in [5.74, 6) is 0.0640. The predicted molar refractivity (Wildman–Crippen MR) is 150 cm³/mol. The predicted octanol–water partition coefficient (Wildman–Crippen LogP) is 6.01. The SMILES string of the molecule is CC(C)COc1ccc(/C(O)=C2\C(=O)C(=O)N(c3nc4ccccc4[nH]3)C2c2ccc(OC(C)C)cc2)cc1. The summed E-state index contributed by atoms with van der Waals surface area (Å²) in [6.07, 6.45) is -0.00970. The van der Waals surface area contributed by atoms with E-state index in [2.05, 4.69) is 23.8 Å². The Balaban J connectivity index is 1.60. The lowest BCUT2D eigenvalue weighted by Gasteiger charge is -2.23. The highest BCUT2D eigenvalue weighted by Crippen LogP contribution is 2.42. The number of aromatic nitrogens is 2. The smallest absolute Gasteiger partial charge is 0.302 e. The zero-order valence-electron chi connectivity index (χ0n) is 22.3. The summed E-state index contributed by atoms with van der Waals surface area (Å²) in [7, 11) is 0. The number of fused-ring (bicyclic) bond motifs is 1. The number of carbonyl (C=O) groups excluding carboxylic acids is 2. The number of imidazole rings is 1. The van der Waals surface area contributed by atoms with Crippen molar-refractivity contribution >= 4 is 34.4 Å². The van der Waals surface area contributed by atoms with Gasteiger partial charge in [-0.15, -0.1) is 0 Å². The van der Waals surface area contributed by atoms with E-state index in [1.807, 2.05) is 38.1 Å². The van der Waals surface area contributed by atoms with Crippen LogP contribution in [0, 0.1) is 5.92 Å². The number of hydrogen-bond donors (Lipinski definition) is 2. The van der Waals surface area contributed by atoms with E-state index < -0.39 is 17.7 Å². The summed E-state index contributed by atoms with van der Waals surface area (Å²) in [5.41, 5.74) is 2.40. The molecule has 2 N–H and O–H groups in total. The quantitative estimate of drug-likeness (QED) is 0.166. The van der Waals surface area contributed by atoms with E-state index >= 15 is 0 Å². The molecule has 8 nitrogen and oxygen atoms in total. The number of para-hydroxylation sites is 2. The van der Waals surface area contributed by atoms with Crippen LogP contribution in [0.15, 0.2) is 78.4 Å². The maximum atomic E-state index is 13.5. The molecule has 1 aliphatic rings. The molecule has 1 fully saturated rings. The van der Waals surface area contributed by atoms with Gasteiger partial charge in [0.25, 0.3) is 5.78 Å². The van der Waals surface area contributed by atoms with Crippen molar-refractivity contribution in [3.63, 3.8) is 0 Å². The number of Topliss-reactive ketones (excluding diaryl/α,β-unsaturated/α-hetero) is 1. The molecular formula is C31H31N3O5. The van der Waals surface area contributed by atoms with Crippen molar-refractivity contribution in [2.45, 2.75) is 39.8 Å². The highest BCUT2D eigenvalue weighted by molar-refractivity contribution is 6.51. The summed E-state index contributed by atoms with van der Waals surface area (Å²) in [5, 5.41) is 11.4. The van der Waals surface area contributed by atoms with E-state index in [9.17, 15) is 14.7 Å². The van der Waals surface area contributed by atoms with Crippen molar-refractivity contribution in [1.82, 2.24) is 9.97 Å². The molecular weight excluding hydrogens is 494 g/mol. The summed E-state index contributed by atoms with van der Waals surface area (Å²) in [4.78, 5) is 36.0. The maximum Gasteiger partial charge on any atom is 0.302 e. The van der Waals surface area contributed by atoms with Crippen molar-refractivity contribution in [2.24, 2.45) is 5.92 Å². The van der Waals surface area contributed by atoms with Crippen LogP contribution in [-0.4, -0.2) is 39.5 Å². The number of carbonyl (C=O) groups is 2. The number of aliphatic hydroxyl groups excluding tert-OH is 1. The Morgan fingerprint density at radius 1 is 0.949 bits per heavy atom. The van der Waals surface area contributed by atoms with Crippen LogP contribution in [0.5, 0.6) is 11.5 Å². The molecule has 39 heavy (non-hydrogen) atoms. The first-order valence-corrected chi connectivity index (χ1v) is 13.0. The number of amides is 1. The Labute approximate surface area is 226 Å². The maximum absolute atomic E-state index is 13.5. The van der Waals surface area contributed by atoms with E-state index in [0.29, 0.717) is 40.7 Å². The van der Waals surface area contributed by atoms with Crippen LogP contribution < -0.4 is 14.4 Å². The van der Waals surface area contributed by atoms with E-state index in [0.717, 1.165) is 5.52 Å². The molecule has 0 bridgehead atoms.